The molecule has 1 rings (SSSR count). The van der Waals surface area contributed by atoms with Crippen molar-refractivity contribution in [3.8, 4) is 12.8 Å². The number of terminal acetylenes is 1. The van der Waals surface area contributed by atoms with Crippen LogP contribution >= 0.6 is 0 Å². The summed E-state index contributed by atoms with van der Waals surface area (Å²) in [7, 11) is 0. The Morgan fingerprint density at radius 1 is 0.905 bits per heavy atom. The molecule has 0 spiro atoms. The highest BCUT2D eigenvalue weighted by molar-refractivity contribution is 5.92. The Morgan fingerprint density at radius 3 is 1.50 bits per heavy atom. The van der Waals surface area contributed by atoms with Gasteiger partial charge in [0.15, 0.2) is 5.78 Å². The van der Waals surface area contributed by atoms with Crippen molar-refractivity contribution in [3.05, 3.63) is 71.9 Å². The second-order valence-corrected chi connectivity index (χ2v) is 11.0. The fourth-order valence-corrected chi connectivity index (χ4v) is 2.84. The molecule has 0 N–H and O–H groups in total. The maximum atomic E-state index is 10.3. The number of hydrogen-bond acceptors (Lipinski definition) is 1. The van der Waals surface area contributed by atoms with Crippen LogP contribution in [0.1, 0.15) is 163 Å². The third-order valence-corrected chi connectivity index (χ3v) is 6.01. The Morgan fingerprint density at radius 2 is 1.31 bits per heavy atom. The van der Waals surface area contributed by atoms with Crippen LogP contribution in [0.3, 0.4) is 0 Å². The van der Waals surface area contributed by atoms with E-state index in [1.807, 2.05) is 47.6 Å². The van der Waals surface area contributed by atoms with Gasteiger partial charge in [-0.1, -0.05) is 143 Å². The molecule has 0 heterocycles. The SMILES string of the molecule is C.C#C.C/C=C(\C)C(C)=O.C/C=C(\C)C/C=C\C(=C/CC)C(C)(C)C.C=C(C)CC.C=CC.CC.CC1CCCCC1. The van der Waals surface area contributed by atoms with Crippen LogP contribution in [-0.4, -0.2) is 5.78 Å². The highest BCUT2D eigenvalue weighted by atomic mass is 16.1. The molecular formula is C41H78O. The van der Waals surface area contributed by atoms with Gasteiger partial charge >= 0.3 is 0 Å². The number of ketones is 1. The lowest BCUT2D eigenvalue weighted by Crippen LogP contribution is -2.07. The van der Waals surface area contributed by atoms with E-state index in [1.165, 1.54) is 48.8 Å². The number of rotatable bonds is 6. The topological polar surface area (TPSA) is 17.1 Å². The van der Waals surface area contributed by atoms with Gasteiger partial charge in [-0.15, -0.1) is 26.0 Å². The monoisotopic (exact) mass is 587 g/mol. The second-order valence-electron chi connectivity index (χ2n) is 11.0. The van der Waals surface area contributed by atoms with Crippen LogP contribution in [0.15, 0.2) is 71.9 Å². The summed E-state index contributed by atoms with van der Waals surface area (Å²) < 4.78 is 0. The van der Waals surface area contributed by atoms with Gasteiger partial charge in [-0.3, -0.25) is 4.79 Å². The van der Waals surface area contributed by atoms with E-state index in [4.69, 9.17) is 0 Å². The lowest BCUT2D eigenvalue weighted by atomic mass is 9.85. The number of carbonyl (C=O) groups is 1. The molecule has 0 bridgehead atoms. The summed E-state index contributed by atoms with van der Waals surface area (Å²) in [6, 6.07) is 0. The molecule has 0 saturated heterocycles. The summed E-state index contributed by atoms with van der Waals surface area (Å²) in [6.07, 6.45) is 31.3. The van der Waals surface area contributed by atoms with Crippen LogP contribution in [0.2, 0.25) is 0 Å². The van der Waals surface area contributed by atoms with Crippen LogP contribution in [0.4, 0.5) is 0 Å². The van der Waals surface area contributed by atoms with Crippen molar-refractivity contribution in [2.75, 3.05) is 0 Å². The number of carbonyl (C=O) groups excluding carboxylic acids is 1. The first-order valence-corrected chi connectivity index (χ1v) is 15.9. The average molecular weight is 587 g/mol. The van der Waals surface area contributed by atoms with Crippen molar-refractivity contribution < 1.29 is 4.79 Å². The zero-order valence-corrected chi connectivity index (χ0v) is 30.7. The molecule has 1 aliphatic rings. The van der Waals surface area contributed by atoms with E-state index in [1.54, 1.807) is 13.0 Å². The van der Waals surface area contributed by atoms with Gasteiger partial charge in [0.2, 0.25) is 0 Å². The van der Waals surface area contributed by atoms with Crippen LogP contribution in [0.25, 0.3) is 0 Å². The smallest absolute Gasteiger partial charge is 0.155 e. The molecule has 0 aromatic heterocycles. The first kappa shape index (κ1) is 55.6. The molecule has 1 fully saturated rings. The van der Waals surface area contributed by atoms with E-state index in [0.717, 1.165) is 30.8 Å². The molecule has 0 radical (unpaired) electrons. The predicted octanol–water partition coefficient (Wildman–Crippen LogP) is 14.5. The standard InChI is InChI=1S/C15H26.C7H14.C6H10O.C5H10.C3H6.C2H6.C2H2.CH4/c1-7-10-14(15(4,5)6)12-9-11-13(3)8-2;1-7-5-3-2-4-6-7;1-4-5(2)6(3)7;1-4-5(2)3;1-3-2;2*1-2;/h8-10,12H,7,11H2,1-6H3;7H,2-6H2,1H3;4H,1-3H3;2,4H2,1,3H3;3H,1H2,2H3;1-2H3;1-2H;1H4/b12-9-,13-8+,14-10+;;5-4+;;;;;. The molecule has 0 unspecified atom stereocenters. The van der Waals surface area contributed by atoms with Gasteiger partial charge in [-0.05, 0) is 90.2 Å². The number of hydrogen-bond donors (Lipinski definition) is 0. The molecule has 42 heavy (non-hydrogen) atoms. The Bertz CT molecular complexity index is 723. The number of Topliss-reactive ketones (excluding diaryl/α,β-unsaturated/α-hetero) is 1. The summed E-state index contributed by atoms with van der Waals surface area (Å²) in [4.78, 5) is 10.3. The van der Waals surface area contributed by atoms with Gasteiger partial charge < -0.3 is 0 Å². The normalized spacial score (nSPS) is 12.9. The average Bonchev–Trinajstić information content (AvgIpc) is 2.95. The van der Waals surface area contributed by atoms with Gasteiger partial charge in [0, 0.05) is 0 Å². The van der Waals surface area contributed by atoms with Crippen molar-refractivity contribution in [2.45, 2.75) is 163 Å². The lowest BCUT2D eigenvalue weighted by Gasteiger charge is -2.20. The Labute approximate surface area is 268 Å². The van der Waals surface area contributed by atoms with Crippen molar-refractivity contribution in [3.63, 3.8) is 0 Å². The van der Waals surface area contributed by atoms with Crippen molar-refractivity contribution in [1.82, 2.24) is 0 Å². The molecule has 0 aromatic carbocycles. The molecule has 0 aliphatic heterocycles. The molecule has 1 heteroatoms. The van der Waals surface area contributed by atoms with Crippen LogP contribution < -0.4 is 0 Å². The van der Waals surface area contributed by atoms with Gasteiger partial charge in [0.25, 0.3) is 0 Å². The van der Waals surface area contributed by atoms with Gasteiger partial charge in [0.05, 0.1) is 0 Å². The fraction of sp³-hybridized carbons (Fsp3) is 0.634. The first-order valence-electron chi connectivity index (χ1n) is 15.9. The highest BCUT2D eigenvalue weighted by Crippen LogP contribution is 2.27. The summed E-state index contributed by atoms with van der Waals surface area (Å²) in [5, 5.41) is 0. The molecule has 248 valence electrons. The zero-order chi connectivity index (χ0) is 33.9. The largest absolute Gasteiger partial charge is 0.295 e. The maximum absolute atomic E-state index is 10.3. The van der Waals surface area contributed by atoms with Crippen LogP contribution in [0, 0.1) is 24.2 Å². The minimum Gasteiger partial charge on any atom is -0.295 e. The molecule has 1 nitrogen and oxygen atoms in total. The third-order valence-electron chi connectivity index (χ3n) is 6.01. The minimum absolute atomic E-state index is 0. The summed E-state index contributed by atoms with van der Waals surface area (Å²) in [5.41, 5.74) is 5.21. The summed E-state index contributed by atoms with van der Waals surface area (Å²) in [6.45, 7) is 37.9. The molecule has 1 saturated carbocycles. The van der Waals surface area contributed by atoms with E-state index in [0.29, 0.717) is 0 Å². The Balaban J connectivity index is -0.0000000770. The summed E-state index contributed by atoms with van der Waals surface area (Å²) >= 11 is 0. The summed E-state index contributed by atoms with van der Waals surface area (Å²) in [5.74, 6) is 1.19. The maximum Gasteiger partial charge on any atom is 0.155 e. The Kier molecular flexibility index (Phi) is 57.1. The van der Waals surface area contributed by atoms with E-state index >= 15 is 0 Å². The van der Waals surface area contributed by atoms with Crippen LogP contribution in [0.5, 0.6) is 0 Å². The molecule has 0 aromatic rings. The predicted molar refractivity (Wildman–Crippen MR) is 202 cm³/mol. The van der Waals surface area contributed by atoms with Crippen molar-refractivity contribution in [1.29, 1.82) is 0 Å². The first-order chi connectivity index (χ1) is 19.2. The molecular weight excluding hydrogens is 508 g/mol. The zero-order valence-electron chi connectivity index (χ0n) is 30.7. The molecule has 1 aliphatic carbocycles. The van der Waals surface area contributed by atoms with Gasteiger partial charge in [-0.25, -0.2) is 0 Å². The lowest BCUT2D eigenvalue weighted by molar-refractivity contribution is -0.113. The van der Waals surface area contributed by atoms with Crippen LogP contribution in [-0.2, 0) is 4.79 Å². The van der Waals surface area contributed by atoms with Crippen molar-refractivity contribution >= 4 is 5.78 Å². The minimum atomic E-state index is 0. The van der Waals surface area contributed by atoms with E-state index in [9.17, 15) is 4.79 Å². The molecule has 0 atom stereocenters. The van der Waals surface area contributed by atoms with Crippen molar-refractivity contribution in [2.24, 2.45) is 11.3 Å². The van der Waals surface area contributed by atoms with E-state index < -0.39 is 0 Å². The van der Waals surface area contributed by atoms with E-state index in [2.05, 4.69) is 106 Å². The highest BCUT2D eigenvalue weighted by Gasteiger charge is 2.13. The Hall–Kier alpha value is -2.33. The fourth-order valence-electron chi connectivity index (χ4n) is 2.84. The van der Waals surface area contributed by atoms with Gasteiger partial charge in [-0.2, -0.15) is 0 Å². The number of allylic oxidation sites excluding steroid dienone is 10. The van der Waals surface area contributed by atoms with Gasteiger partial charge in [0.1, 0.15) is 0 Å². The molecule has 0 amide bonds. The second kappa shape index (κ2) is 43.1. The third kappa shape index (κ3) is 53.9. The quantitative estimate of drug-likeness (QED) is 0.131. The van der Waals surface area contributed by atoms with E-state index in [-0.39, 0.29) is 18.6 Å².